The van der Waals surface area contributed by atoms with Crippen molar-refractivity contribution in [1.82, 2.24) is 24.6 Å². The molecule has 3 heterocycles. The van der Waals surface area contributed by atoms with Gasteiger partial charge in [-0.15, -0.1) is 0 Å². The predicted octanol–water partition coefficient (Wildman–Crippen LogP) is 4.63. The molecule has 0 radical (unpaired) electrons. The minimum absolute atomic E-state index is 0.204. The van der Waals surface area contributed by atoms with Crippen LogP contribution in [-0.2, 0) is 6.18 Å². The lowest BCUT2D eigenvalue weighted by Gasteiger charge is -2.07. The molecule has 5 rings (SSSR count). The van der Waals surface area contributed by atoms with Crippen LogP contribution < -0.4 is 5.56 Å². The van der Waals surface area contributed by atoms with E-state index in [0.717, 1.165) is 23.4 Å². The Kier molecular flexibility index (Phi) is 4.14. The normalized spacial score (nSPS) is 12.0. The number of benzene rings is 2. The van der Waals surface area contributed by atoms with Crippen LogP contribution in [0.3, 0.4) is 0 Å². The Morgan fingerprint density at radius 2 is 1.61 bits per heavy atom. The van der Waals surface area contributed by atoms with E-state index in [4.69, 9.17) is 0 Å². The highest BCUT2D eigenvalue weighted by Crippen LogP contribution is 2.29. The third-order valence-corrected chi connectivity index (χ3v) is 4.99. The van der Waals surface area contributed by atoms with E-state index in [1.807, 2.05) is 31.2 Å². The van der Waals surface area contributed by atoms with Crippen molar-refractivity contribution in [2.45, 2.75) is 13.1 Å². The number of alkyl halides is 3. The van der Waals surface area contributed by atoms with Crippen LogP contribution in [0.2, 0.25) is 0 Å². The summed E-state index contributed by atoms with van der Waals surface area (Å²) in [5, 5.41) is 3.33. The predicted molar refractivity (Wildman–Crippen MR) is 110 cm³/mol. The molecule has 31 heavy (non-hydrogen) atoms. The number of aromatic nitrogens is 5. The van der Waals surface area contributed by atoms with Gasteiger partial charge in [0.1, 0.15) is 5.69 Å². The smallest absolute Gasteiger partial charge is 0.271 e. The average Bonchev–Trinajstić information content (AvgIpc) is 3.18. The number of rotatable bonds is 2. The van der Waals surface area contributed by atoms with Crippen molar-refractivity contribution >= 4 is 16.7 Å². The molecule has 0 saturated heterocycles. The molecular weight excluding hydrogens is 407 g/mol. The summed E-state index contributed by atoms with van der Waals surface area (Å²) in [4.78, 5) is 25.3. The first-order valence-corrected chi connectivity index (χ1v) is 9.33. The molecular formula is C22H14F3N5O. The molecule has 0 atom stereocenters. The summed E-state index contributed by atoms with van der Waals surface area (Å²) in [5.41, 5.74) is 2.11. The number of fused-ring (bicyclic) bond motifs is 2. The minimum atomic E-state index is -4.50. The van der Waals surface area contributed by atoms with Gasteiger partial charge in [0, 0.05) is 17.3 Å². The summed E-state index contributed by atoms with van der Waals surface area (Å²) in [6.45, 7) is 1.98. The SMILES string of the molecule is Cc1ccc(-c2nc3nc4cc(-c5ccc(C(F)(F)F)nc5)ccc4c(=O)n3[nH]2)cc1. The van der Waals surface area contributed by atoms with E-state index in [1.165, 1.54) is 10.6 Å². The van der Waals surface area contributed by atoms with Gasteiger partial charge in [-0.05, 0) is 30.7 Å². The lowest BCUT2D eigenvalue weighted by Crippen LogP contribution is -2.15. The summed E-state index contributed by atoms with van der Waals surface area (Å²) in [5.74, 6) is 0.711. The highest BCUT2D eigenvalue weighted by molar-refractivity contribution is 5.84. The molecule has 0 saturated carbocycles. The Labute approximate surface area is 173 Å². The van der Waals surface area contributed by atoms with Gasteiger partial charge in [-0.25, -0.2) is 4.98 Å². The van der Waals surface area contributed by atoms with E-state index in [1.54, 1.807) is 18.2 Å². The highest BCUT2D eigenvalue weighted by atomic mass is 19.4. The van der Waals surface area contributed by atoms with Crippen molar-refractivity contribution in [3.05, 3.63) is 82.4 Å². The van der Waals surface area contributed by atoms with Crippen molar-refractivity contribution in [1.29, 1.82) is 0 Å². The van der Waals surface area contributed by atoms with Crippen molar-refractivity contribution in [2.75, 3.05) is 0 Å². The fraction of sp³-hybridized carbons (Fsp3) is 0.0909. The molecule has 9 heteroatoms. The fourth-order valence-corrected chi connectivity index (χ4v) is 3.33. The van der Waals surface area contributed by atoms with Crippen molar-refractivity contribution < 1.29 is 13.2 Å². The quantitative estimate of drug-likeness (QED) is 0.451. The summed E-state index contributed by atoms with van der Waals surface area (Å²) in [6.07, 6.45) is -3.35. The topological polar surface area (TPSA) is 75.9 Å². The average molecular weight is 421 g/mol. The Morgan fingerprint density at radius 3 is 2.29 bits per heavy atom. The highest BCUT2D eigenvalue weighted by Gasteiger charge is 2.32. The summed E-state index contributed by atoms with van der Waals surface area (Å²) in [7, 11) is 0. The van der Waals surface area contributed by atoms with Crippen molar-refractivity contribution in [2.24, 2.45) is 0 Å². The van der Waals surface area contributed by atoms with Crippen LogP contribution in [-0.4, -0.2) is 24.6 Å². The fourth-order valence-electron chi connectivity index (χ4n) is 3.33. The van der Waals surface area contributed by atoms with Crippen LogP contribution in [0.5, 0.6) is 0 Å². The van der Waals surface area contributed by atoms with Crippen molar-refractivity contribution in [3.63, 3.8) is 0 Å². The summed E-state index contributed by atoms with van der Waals surface area (Å²) in [6, 6.07) is 14.8. The van der Waals surface area contributed by atoms with Gasteiger partial charge in [-0.2, -0.15) is 22.7 Å². The minimum Gasteiger partial charge on any atom is -0.271 e. The zero-order valence-corrected chi connectivity index (χ0v) is 16.1. The first kappa shape index (κ1) is 19.0. The van der Waals surface area contributed by atoms with E-state index >= 15 is 0 Å². The summed E-state index contributed by atoms with van der Waals surface area (Å²) >= 11 is 0. The zero-order chi connectivity index (χ0) is 21.8. The monoisotopic (exact) mass is 421 g/mol. The standard InChI is InChI=1S/C22H14F3N5O/c1-12-2-4-13(5-3-12)19-28-21-27-17-10-14(6-8-16(17)20(31)30(21)29-19)15-7-9-18(26-11-15)22(23,24)25/h2-11H,1H3,(H,27,28,29). The largest absolute Gasteiger partial charge is 0.433 e. The number of nitrogens with one attached hydrogen (secondary N) is 1. The van der Waals surface area contributed by atoms with Crippen LogP contribution in [0, 0.1) is 6.92 Å². The first-order chi connectivity index (χ1) is 14.8. The maximum atomic E-state index is 12.9. The van der Waals surface area contributed by atoms with Gasteiger partial charge in [0.25, 0.3) is 11.3 Å². The van der Waals surface area contributed by atoms with E-state index in [0.29, 0.717) is 27.9 Å². The molecule has 0 aliphatic heterocycles. The van der Waals surface area contributed by atoms with Gasteiger partial charge in [-0.1, -0.05) is 42.0 Å². The molecule has 0 unspecified atom stereocenters. The van der Waals surface area contributed by atoms with Crippen LogP contribution in [0.4, 0.5) is 13.2 Å². The number of hydrogen-bond acceptors (Lipinski definition) is 4. The first-order valence-electron chi connectivity index (χ1n) is 9.33. The molecule has 0 bridgehead atoms. The summed E-state index contributed by atoms with van der Waals surface area (Å²) < 4.78 is 39.5. The number of halogens is 3. The maximum Gasteiger partial charge on any atom is 0.433 e. The molecule has 0 spiro atoms. The van der Waals surface area contributed by atoms with Gasteiger partial charge >= 0.3 is 6.18 Å². The van der Waals surface area contributed by atoms with Gasteiger partial charge in [0.05, 0.1) is 10.9 Å². The van der Waals surface area contributed by atoms with E-state index in [9.17, 15) is 18.0 Å². The Bertz CT molecular complexity index is 1480. The molecule has 0 aliphatic rings. The number of pyridine rings is 1. The van der Waals surface area contributed by atoms with Crippen LogP contribution in [0.25, 0.3) is 39.2 Å². The number of H-pyrrole nitrogens is 1. The second kappa shape index (κ2) is 6.76. The lowest BCUT2D eigenvalue weighted by molar-refractivity contribution is -0.141. The van der Waals surface area contributed by atoms with Crippen LogP contribution in [0.15, 0.2) is 65.6 Å². The second-order valence-corrected chi connectivity index (χ2v) is 7.15. The number of nitrogens with zero attached hydrogens (tertiary/aromatic N) is 4. The Balaban J connectivity index is 1.61. The number of hydrogen-bond donors (Lipinski definition) is 1. The second-order valence-electron chi connectivity index (χ2n) is 7.15. The van der Waals surface area contributed by atoms with Gasteiger partial charge in [-0.3, -0.25) is 14.9 Å². The van der Waals surface area contributed by atoms with Crippen LogP contribution >= 0.6 is 0 Å². The maximum absolute atomic E-state index is 12.9. The Hall–Kier alpha value is -4.01. The van der Waals surface area contributed by atoms with Gasteiger partial charge in [0.2, 0.25) is 0 Å². The molecule has 3 aromatic heterocycles. The lowest BCUT2D eigenvalue weighted by atomic mass is 10.1. The van der Waals surface area contributed by atoms with Gasteiger partial charge in [0.15, 0.2) is 5.82 Å². The molecule has 0 amide bonds. The van der Waals surface area contributed by atoms with E-state index < -0.39 is 11.9 Å². The molecule has 154 valence electrons. The number of aromatic amines is 1. The van der Waals surface area contributed by atoms with E-state index in [-0.39, 0.29) is 11.3 Å². The Morgan fingerprint density at radius 1 is 0.903 bits per heavy atom. The zero-order valence-electron chi connectivity index (χ0n) is 16.1. The number of aryl methyl sites for hydroxylation is 1. The van der Waals surface area contributed by atoms with Crippen LogP contribution in [0.1, 0.15) is 11.3 Å². The molecule has 0 aliphatic carbocycles. The molecule has 2 aromatic carbocycles. The third kappa shape index (κ3) is 3.33. The molecule has 6 nitrogen and oxygen atoms in total. The molecule has 1 N–H and O–H groups in total. The molecule has 5 aromatic rings. The van der Waals surface area contributed by atoms with E-state index in [2.05, 4.69) is 20.1 Å². The van der Waals surface area contributed by atoms with Crippen molar-refractivity contribution in [3.8, 4) is 22.5 Å². The molecule has 0 fully saturated rings. The van der Waals surface area contributed by atoms with Gasteiger partial charge < -0.3 is 0 Å². The third-order valence-electron chi connectivity index (χ3n) is 4.99.